The van der Waals surface area contributed by atoms with Gasteiger partial charge in [-0.15, -0.1) is 0 Å². The number of carbonyl (C=O) groups is 2. The zero-order chi connectivity index (χ0) is 29.5. The Bertz CT molecular complexity index is 1730. The summed E-state index contributed by atoms with van der Waals surface area (Å²) in [6, 6.07) is 14.9. The van der Waals surface area contributed by atoms with Gasteiger partial charge in [0.2, 0.25) is 10.0 Å². The second-order valence-corrected chi connectivity index (χ2v) is 12.0. The summed E-state index contributed by atoms with van der Waals surface area (Å²) in [5.74, 6) is -0.364. The summed E-state index contributed by atoms with van der Waals surface area (Å²) in [5.41, 5.74) is 12.9. The minimum Gasteiger partial charge on any atom is -0.457 e. The molecule has 0 bridgehead atoms. The van der Waals surface area contributed by atoms with Crippen molar-refractivity contribution in [2.45, 2.75) is 31.7 Å². The smallest absolute Gasteiger partial charge is 0.412 e. The molecular formula is C29H28FN3O7S. The van der Waals surface area contributed by atoms with Crippen LogP contribution >= 0.6 is 0 Å². The number of hydrogen-bond acceptors (Lipinski definition) is 8. The summed E-state index contributed by atoms with van der Waals surface area (Å²) in [4.78, 5) is 24.6. The average Bonchev–Trinajstić information content (AvgIpc) is 3.67. The Balaban J connectivity index is 1.63. The molecule has 1 saturated carbocycles. The topological polar surface area (TPSA) is 155 Å². The van der Waals surface area contributed by atoms with E-state index in [1.165, 1.54) is 28.6 Å². The van der Waals surface area contributed by atoms with Crippen LogP contribution in [0.4, 0.5) is 14.9 Å². The molecule has 1 aliphatic carbocycles. The molecule has 5 rings (SSSR count). The van der Waals surface area contributed by atoms with Gasteiger partial charge in [-0.05, 0) is 85.8 Å². The van der Waals surface area contributed by atoms with E-state index in [1.54, 1.807) is 43.3 Å². The van der Waals surface area contributed by atoms with Crippen molar-refractivity contribution in [1.82, 2.24) is 0 Å². The van der Waals surface area contributed by atoms with E-state index in [9.17, 15) is 22.4 Å². The van der Waals surface area contributed by atoms with Gasteiger partial charge in [0, 0.05) is 29.6 Å². The lowest BCUT2D eigenvalue weighted by molar-refractivity contribution is 0.0640. The number of furan rings is 1. The van der Waals surface area contributed by atoms with Gasteiger partial charge < -0.3 is 25.4 Å². The van der Waals surface area contributed by atoms with Crippen LogP contribution in [0.2, 0.25) is 0 Å². The van der Waals surface area contributed by atoms with Gasteiger partial charge >= 0.3 is 12.1 Å². The third kappa shape index (κ3) is 6.18. The Labute approximate surface area is 235 Å². The highest BCUT2D eigenvalue weighted by Gasteiger charge is 2.34. The van der Waals surface area contributed by atoms with Crippen molar-refractivity contribution in [1.29, 1.82) is 0 Å². The van der Waals surface area contributed by atoms with Crippen molar-refractivity contribution in [2.75, 3.05) is 17.1 Å². The Morgan fingerprint density at radius 1 is 1.07 bits per heavy atom. The van der Waals surface area contributed by atoms with Crippen molar-refractivity contribution < 1.29 is 36.3 Å². The molecule has 41 heavy (non-hydrogen) atoms. The molecule has 1 heterocycles. The first-order valence-electron chi connectivity index (χ1n) is 12.8. The molecule has 0 aliphatic heterocycles. The van der Waals surface area contributed by atoms with Crippen LogP contribution in [0.15, 0.2) is 65.1 Å². The van der Waals surface area contributed by atoms with Crippen molar-refractivity contribution in [3.8, 4) is 22.8 Å². The normalized spacial score (nSPS) is 14.0. The number of fused-ring (bicyclic) bond motifs is 1. The van der Waals surface area contributed by atoms with E-state index in [4.69, 9.17) is 25.4 Å². The molecule has 12 heteroatoms. The summed E-state index contributed by atoms with van der Waals surface area (Å²) in [5, 5.41) is 0.345. The number of rotatable bonds is 9. The van der Waals surface area contributed by atoms with E-state index < -0.39 is 33.9 Å². The standard InChI is InChI=1S/C29H28FN3O7S/c1-16(31)15-33(41(2,36)37)24-14-25-23(13-22(24)17-3-4-17)26(28(34)40-29(32)35)27(39-25)18-5-9-20(10-6-18)38-21-11-7-19(30)8-12-21/h5-14,16-17H,3-4,15,31H2,1-2H3,(H2,32,35). The van der Waals surface area contributed by atoms with Crippen LogP contribution in [0.25, 0.3) is 22.3 Å². The van der Waals surface area contributed by atoms with Crippen molar-refractivity contribution in [2.24, 2.45) is 11.5 Å². The lowest BCUT2D eigenvalue weighted by Gasteiger charge is -2.26. The highest BCUT2D eigenvalue weighted by Crippen LogP contribution is 2.48. The maximum Gasteiger partial charge on any atom is 0.412 e. The second-order valence-electron chi connectivity index (χ2n) is 10.0. The average molecular weight is 582 g/mol. The molecule has 1 aliphatic rings. The molecule has 3 aromatic carbocycles. The van der Waals surface area contributed by atoms with Crippen LogP contribution in [0.1, 0.15) is 41.6 Å². The van der Waals surface area contributed by atoms with Crippen molar-refractivity contribution in [3.05, 3.63) is 77.6 Å². The van der Waals surface area contributed by atoms with Crippen LogP contribution in [0, 0.1) is 5.82 Å². The second kappa shape index (κ2) is 10.9. The predicted molar refractivity (Wildman–Crippen MR) is 151 cm³/mol. The third-order valence-corrected chi connectivity index (χ3v) is 7.69. The molecule has 1 atom stereocenters. The molecule has 1 aromatic heterocycles. The maximum atomic E-state index is 13.2. The first-order chi connectivity index (χ1) is 19.4. The molecule has 0 saturated heterocycles. The third-order valence-electron chi connectivity index (χ3n) is 6.54. The molecule has 214 valence electrons. The number of anilines is 1. The number of ether oxygens (including phenoxy) is 2. The molecule has 0 spiro atoms. The van der Waals surface area contributed by atoms with Crippen LogP contribution in [0.5, 0.6) is 11.5 Å². The lowest BCUT2D eigenvalue weighted by Crippen LogP contribution is -2.39. The van der Waals surface area contributed by atoms with E-state index >= 15 is 0 Å². The highest BCUT2D eigenvalue weighted by molar-refractivity contribution is 7.92. The Hall–Kier alpha value is -4.42. The number of esters is 1. The van der Waals surface area contributed by atoms with Crippen molar-refractivity contribution >= 4 is 38.7 Å². The molecule has 10 nitrogen and oxygen atoms in total. The number of nitrogens with two attached hydrogens (primary N) is 2. The van der Waals surface area contributed by atoms with Gasteiger partial charge in [0.15, 0.2) is 0 Å². The van der Waals surface area contributed by atoms with E-state index in [1.807, 2.05) is 0 Å². The molecule has 1 amide bonds. The minimum absolute atomic E-state index is 0.0300. The SMILES string of the molecule is CC(N)CN(c1cc2oc(-c3ccc(Oc4ccc(F)cc4)cc3)c(C(=O)OC(N)=O)c2cc1C1CC1)S(C)(=O)=O. The van der Waals surface area contributed by atoms with Gasteiger partial charge in [0.25, 0.3) is 0 Å². The Kier molecular flexibility index (Phi) is 7.45. The van der Waals surface area contributed by atoms with Crippen LogP contribution in [-0.4, -0.2) is 39.3 Å². The number of nitrogens with zero attached hydrogens (tertiary/aromatic N) is 1. The maximum absolute atomic E-state index is 13.2. The molecule has 1 fully saturated rings. The van der Waals surface area contributed by atoms with Crippen LogP contribution in [-0.2, 0) is 14.8 Å². The summed E-state index contributed by atoms with van der Waals surface area (Å²) < 4.78 is 56.7. The minimum atomic E-state index is -3.71. The summed E-state index contributed by atoms with van der Waals surface area (Å²) in [7, 11) is -3.71. The summed E-state index contributed by atoms with van der Waals surface area (Å²) >= 11 is 0. The molecule has 1 unspecified atom stereocenters. The van der Waals surface area contributed by atoms with Gasteiger partial charge in [-0.25, -0.2) is 22.4 Å². The number of carbonyl (C=O) groups excluding carboxylic acids is 2. The quantitative estimate of drug-likeness (QED) is 0.200. The van der Waals surface area contributed by atoms with E-state index in [0.29, 0.717) is 33.7 Å². The number of halogens is 1. The number of benzene rings is 3. The van der Waals surface area contributed by atoms with E-state index in [-0.39, 0.29) is 29.4 Å². The first kappa shape index (κ1) is 28.1. The van der Waals surface area contributed by atoms with Gasteiger partial charge in [0.05, 0.1) is 11.9 Å². The monoisotopic (exact) mass is 581 g/mol. The number of primary amides is 1. The largest absolute Gasteiger partial charge is 0.457 e. The van der Waals surface area contributed by atoms with Gasteiger partial charge in [-0.1, -0.05) is 0 Å². The molecule has 0 radical (unpaired) electrons. The zero-order valence-corrected chi connectivity index (χ0v) is 23.1. The molecule has 4 aromatic rings. The highest BCUT2D eigenvalue weighted by atomic mass is 32.2. The number of hydrogen-bond donors (Lipinski definition) is 2. The Morgan fingerprint density at radius 3 is 2.22 bits per heavy atom. The van der Waals surface area contributed by atoms with Gasteiger partial charge in [0.1, 0.15) is 34.2 Å². The van der Waals surface area contributed by atoms with E-state index in [0.717, 1.165) is 19.1 Å². The fourth-order valence-electron chi connectivity index (χ4n) is 4.62. The molecular weight excluding hydrogens is 553 g/mol. The summed E-state index contributed by atoms with van der Waals surface area (Å²) in [6.45, 7) is 1.75. The lowest BCUT2D eigenvalue weighted by atomic mass is 10.0. The Morgan fingerprint density at radius 2 is 1.68 bits per heavy atom. The van der Waals surface area contributed by atoms with Crippen molar-refractivity contribution in [3.63, 3.8) is 0 Å². The van der Waals surface area contributed by atoms with Crippen LogP contribution in [0.3, 0.4) is 0 Å². The zero-order valence-electron chi connectivity index (χ0n) is 22.3. The number of sulfonamides is 1. The van der Waals surface area contributed by atoms with Gasteiger partial charge in [-0.2, -0.15) is 0 Å². The summed E-state index contributed by atoms with van der Waals surface area (Å²) in [6.07, 6.45) is 1.51. The first-order valence-corrected chi connectivity index (χ1v) is 14.6. The van der Waals surface area contributed by atoms with E-state index in [2.05, 4.69) is 0 Å². The number of amides is 1. The predicted octanol–water partition coefficient (Wildman–Crippen LogP) is 5.26. The van der Waals surface area contributed by atoms with Gasteiger partial charge in [-0.3, -0.25) is 4.31 Å². The fourth-order valence-corrected chi connectivity index (χ4v) is 5.64. The fraction of sp³-hybridized carbons (Fsp3) is 0.241. The molecule has 4 N–H and O–H groups in total. The van der Waals surface area contributed by atoms with Crippen LogP contribution < -0.4 is 20.5 Å².